The van der Waals surface area contributed by atoms with Gasteiger partial charge in [-0.1, -0.05) is 31.2 Å². The van der Waals surface area contributed by atoms with E-state index in [4.69, 9.17) is 0 Å². The van der Waals surface area contributed by atoms with Crippen LogP contribution in [0, 0.1) is 0 Å². The van der Waals surface area contributed by atoms with Crippen molar-refractivity contribution in [3.05, 3.63) is 35.4 Å². The van der Waals surface area contributed by atoms with E-state index in [1.165, 1.54) is 37.1 Å². The first-order valence-electron chi connectivity index (χ1n) is 7.15. The zero-order valence-corrected chi connectivity index (χ0v) is 12.0. The average Bonchev–Trinajstić information content (AvgIpc) is 2.42. The van der Waals surface area contributed by atoms with Gasteiger partial charge in [-0.25, -0.2) is 0 Å². The number of nitrogens with zero attached hydrogens (tertiary/aromatic N) is 1. The molecule has 100 valence electrons. The Kier molecular flexibility index (Phi) is 4.41. The molecule has 1 aromatic carbocycles. The van der Waals surface area contributed by atoms with E-state index in [0.29, 0.717) is 5.54 Å². The van der Waals surface area contributed by atoms with Gasteiger partial charge in [0.25, 0.3) is 0 Å². The third-order valence-electron chi connectivity index (χ3n) is 4.46. The highest BCUT2D eigenvalue weighted by Crippen LogP contribution is 2.23. The van der Waals surface area contributed by atoms with Crippen LogP contribution in [0.3, 0.4) is 0 Å². The number of piperidine rings is 1. The molecule has 0 atom stereocenters. The zero-order chi connectivity index (χ0) is 13.0. The molecule has 1 saturated heterocycles. The lowest BCUT2D eigenvalue weighted by Crippen LogP contribution is -2.49. The Morgan fingerprint density at radius 2 is 1.78 bits per heavy atom. The number of aryl methyl sites for hydroxylation is 1. The van der Waals surface area contributed by atoms with Crippen molar-refractivity contribution in [2.45, 2.75) is 45.2 Å². The molecular formula is C16H26N2. The third-order valence-corrected chi connectivity index (χ3v) is 4.46. The van der Waals surface area contributed by atoms with Gasteiger partial charge in [0, 0.05) is 25.2 Å². The number of benzene rings is 1. The summed E-state index contributed by atoms with van der Waals surface area (Å²) in [5, 5.41) is 3.46. The van der Waals surface area contributed by atoms with Crippen LogP contribution in [0.4, 0.5) is 0 Å². The second-order valence-electron chi connectivity index (χ2n) is 5.71. The maximum atomic E-state index is 3.46. The molecule has 0 unspecified atom stereocenters. The third kappa shape index (κ3) is 3.12. The van der Waals surface area contributed by atoms with Crippen molar-refractivity contribution in [1.82, 2.24) is 10.2 Å². The topological polar surface area (TPSA) is 15.3 Å². The highest BCUT2D eigenvalue weighted by Gasteiger charge is 2.28. The smallest absolute Gasteiger partial charge is 0.0236 e. The summed E-state index contributed by atoms with van der Waals surface area (Å²) in [6.07, 6.45) is 3.63. The van der Waals surface area contributed by atoms with Gasteiger partial charge in [-0.3, -0.25) is 4.90 Å². The molecule has 1 heterocycles. The Balaban J connectivity index is 1.95. The lowest BCUT2D eigenvalue weighted by atomic mass is 9.89. The fourth-order valence-corrected chi connectivity index (χ4v) is 2.75. The highest BCUT2D eigenvalue weighted by molar-refractivity contribution is 5.27. The molecule has 1 fully saturated rings. The minimum atomic E-state index is 0.348. The van der Waals surface area contributed by atoms with Crippen molar-refractivity contribution in [2.75, 3.05) is 20.1 Å². The predicted molar refractivity (Wildman–Crippen MR) is 77.8 cm³/mol. The quantitative estimate of drug-likeness (QED) is 0.879. The van der Waals surface area contributed by atoms with Gasteiger partial charge in [-0.2, -0.15) is 0 Å². The summed E-state index contributed by atoms with van der Waals surface area (Å²) in [7, 11) is 2.09. The predicted octanol–water partition coefficient (Wildman–Crippen LogP) is 2.82. The normalized spacial score (nSPS) is 19.9. The van der Waals surface area contributed by atoms with Crippen molar-refractivity contribution in [3.63, 3.8) is 0 Å². The molecule has 0 spiro atoms. The fraction of sp³-hybridized carbons (Fsp3) is 0.625. The number of nitrogens with one attached hydrogen (secondary N) is 1. The first-order chi connectivity index (χ1) is 8.67. The molecule has 0 aromatic heterocycles. The molecule has 2 nitrogen and oxygen atoms in total. The molecule has 0 saturated carbocycles. The Morgan fingerprint density at radius 1 is 1.17 bits per heavy atom. The van der Waals surface area contributed by atoms with E-state index < -0.39 is 0 Å². The minimum Gasteiger partial charge on any atom is -0.314 e. The molecular weight excluding hydrogens is 220 g/mol. The monoisotopic (exact) mass is 246 g/mol. The second-order valence-corrected chi connectivity index (χ2v) is 5.71. The van der Waals surface area contributed by atoms with Gasteiger partial charge >= 0.3 is 0 Å². The van der Waals surface area contributed by atoms with E-state index in [1.54, 1.807) is 0 Å². The average molecular weight is 246 g/mol. The van der Waals surface area contributed by atoms with Crippen LogP contribution in [0.5, 0.6) is 0 Å². The van der Waals surface area contributed by atoms with Crippen LogP contribution in [0.1, 0.15) is 37.8 Å². The van der Waals surface area contributed by atoms with Gasteiger partial charge in [0.05, 0.1) is 0 Å². The van der Waals surface area contributed by atoms with Crippen LogP contribution >= 0.6 is 0 Å². The summed E-state index contributed by atoms with van der Waals surface area (Å²) >= 11 is 0. The fourth-order valence-electron chi connectivity index (χ4n) is 2.75. The van der Waals surface area contributed by atoms with Crippen molar-refractivity contribution >= 4 is 0 Å². The SMILES string of the molecule is CCc1ccccc1CN1CCC(C)(NC)CC1. The standard InChI is InChI=1S/C16H26N2/c1-4-14-7-5-6-8-15(14)13-18-11-9-16(2,17-3)10-12-18/h5-8,17H,4,9-13H2,1-3H3. The molecule has 0 radical (unpaired) electrons. The lowest BCUT2D eigenvalue weighted by molar-refractivity contribution is 0.146. The highest BCUT2D eigenvalue weighted by atomic mass is 15.1. The lowest BCUT2D eigenvalue weighted by Gasteiger charge is -2.39. The molecule has 1 aliphatic rings. The zero-order valence-electron chi connectivity index (χ0n) is 12.0. The van der Waals surface area contributed by atoms with E-state index in [9.17, 15) is 0 Å². The van der Waals surface area contributed by atoms with Gasteiger partial charge in [0.2, 0.25) is 0 Å². The Morgan fingerprint density at radius 3 is 2.33 bits per heavy atom. The van der Waals surface area contributed by atoms with Gasteiger partial charge in [-0.15, -0.1) is 0 Å². The van der Waals surface area contributed by atoms with Crippen molar-refractivity contribution < 1.29 is 0 Å². The van der Waals surface area contributed by atoms with Crippen LogP contribution in [-0.4, -0.2) is 30.6 Å². The van der Waals surface area contributed by atoms with Crippen LogP contribution in [0.2, 0.25) is 0 Å². The summed E-state index contributed by atoms with van der Waals surface area (Å²) in [4.78, 5) is 2.59. The molecule has 18 heavy (non-hydrogen) atoms. The van der Waals surface area contributed by atoms with Crippen LogP contribution in [0.25, 0.3) is 0 Å². The maximum Gasteiger partial charge on any atom is 0.0236 e. The number of hydrogen-bond donors (Lipinski definition) is 1. The molecule has 1 aliphatic heterocycles. The van der Waals surface area contributed by atoms with E-state index >= 15 is 0 Å². The summed E-state index contributed by atoms with van der Waals surface area (Å²) in [6, 6.07) is 8.86. The molecule has 0 aliphatic carbocycles. The van der Waals surface area contributed by atoms with Gasteiger partial charge in [0.1, 0.15) is 0 Å². The Labute approximate surface area is 111 Å². The molecule has 2 rings (SSSR count). The number of likely N-dealkylation sites (tertiary alicyclic amines) is 1. The molecule has 1 aromatic rings. The summed E-state index contributed by atoms with van der Waals surface area (Å²) < 4.78 is 0. The first kappa shape index (κ1) is 13.6. The number of hydrogen-bond acceptors (Lipinski definition) is 2. The van der Waals surface area contributed by atoms with Crippen LogP contribution in [-0.2, 0) is 13.0 Å². The summed E-state index contributed by atoms with van der Waals surface area (Å²) in [6.45, 7) is 8.10. The van der Waals surface area contributed by atoms with E-state index in [0.717, 1.165) is 13.0 Å². The Bertz CT molecular complexity index is 378. The second kappa shape index (κ2) is 5.85. The van der Waals surface area contributed by atoms with E-state index in [2.05, 4.69) is 55.4 Å². The van der Waals surface area contributed by atoms with Gasteiger partial charge in [-0.05, 0) is 44.4 Å². The van der Waals surface area contributed by atoms with Gasteiger partial charge < -0.3 is 5.32 Å². The van der Waals surface area contributed by atoms with E-state index in [1.807, 2.05) is 0 Å². The molecule has 0 bridgehead atoms. The van der Waals surface area contributed by atoms with Crippen LogP contribution < -0.4 is 5.32 Å². The largest absolute Gasteiger partial charge is 0.314 e. The van der Waals surface area contributed by atoms with Crippen molar-refractivity contribution in [3.8, 4) is 0 Å². The van der Waals surface area contributed by atoms with Crippen molar-refractivity contribution in [2.24, 2.45) is 0 Å². The molecule has 2 heteroatoms. The summed E-state index contributed by atoms with van der Waals surface area (Å²) in [5.74, 6) is 0. The van der Waals surface area contributed by atoms with E-state index in [-0.39, 0.29) is 0 Å². The van der Waals surface area contributed by atoms with Crippen LogP contribution in [0.15, 0.2) is 24.3 Å². The minimum absolute atomic E-state index is 0.348. The maximum absolute atomic E-state index is 3.46. The first-order valence-corrected chi connectivity index (χ1v) is 7.15. The Hall–Kier alpha value is -0.860. The summed E-state index contributed by atoms with van der Waals surface area (Å²) in [5.41, 5.74) is 3.35. The molecule has 1 N–H and O–H groups in total. The van der Waals surface area contributed by atoms with Gasteiger partial charge in [0.15, 0.2) is 0 Å². The van der Waals surface area contributed by atoms with Crippen molar-refractivity contribution in [1.29, 1.82) is 0 Å². The molecule has 0 amide bonds. The number of rotatable bonds is 4.